The smallest absolute Gasteiger partial charge is 0.0811 e. The Bertz CT molecular complexity index is 781. The molecule has 8 atom stereocenters. The van der Waals surface area contributed by atoms with E-state index in [9.17, 15) is 10.2 Å². The van der Waals surface area contributed by atoms with Crippen LogP contribution in [0.4, 0.5) is 0 Å². The molecule has 0 aromatic heterocycles. The van der Waals surface area contributed by atoms with Crippen molar-refractivity contribution in [2.24, 2.45) is 29.1 Å². The van der Waals surface area contributed by atoms with Crippen molar-refractivity contribution in [3.05, 3.63) is 35.5 Å². The molecule has 0 heterocycles. The first-order chi connectivity index (χ1) is 15.9. The maximum Gasteiger partial charge on any atom is 0.0811 e. The zero-order valence-electron chi connectivity index (χ0n) is 22.8. The van der Waals surface area contributed by atoms with E-state index in [1.54, 1.807) is 12.7 Å². The van der Waals surface area contributed by atoms with Gasteiger partial charge in [-0.05, 0) is 99.0 Å². The SMILES string of the molecule is C=C1C(=CC=C2CCC[C@]3(C)[C@@H]([C@H](C)C(C[C@@H](C)C(C)(C)OC)OC)CC[C@@H]23)C[C@@H](O)C[C@@H]1O. The molecule has 0 aromatic rings. The Balaban J connectivity index is 1.77. The van der Waals surface area contributed by atoms with Gasteiger partial charge in [0.2, 0.25) is 0 Å². The highest BCUT2D eigenvalue weighted by atomic mass is 16.5. The topological polar surface area (TPSA) is 58.9 Å². The summed E-state index contributed by atoms with van der Waals surface area (Å²) in [5.41, 5.74) is 3.46. The number of methoxy groups -OCH3 is 2. The largest absolute Gasteiger partial charge is 0.393 e. The van der Waals surface area contributed by atoms with Crippen molar-refractivity contribution in [1.29, 1.82) is 0 Å². The highest BCUT2D eigenvalue weighted by molar-refractivity contribution is 5.38. The summed E-state index contributed by atoms with van der Waals surface area (Å²) in [6.45, 7) is 15.6. The number of hydrogen-bond acceptors (Lipinski definition) is 4. The van der Waals surface area contributed by atoms with Crippen molar-refractivity contribution in [3.8, 4) is 0 Å². The van der Waals surface area contributed by atoms with Gasteiger partial charge in [0.15, 0.2) is 0 Å². The zero-order chi connectivity index (χ0) is 25.3. The molecule has 3 aliphatic rings. The summed E-state index contributed by atoms with van der Waals surface area (Å²) < 4.78 is 11.9. The Morgan fingerprint density at radius 1 is 1.18 bits per heavy atom. The number of rotatable bonds is 8. The molecule has 0 aromatic carbocycles. The lowest BCUT2D eigenvalue weighted by atomic mass is 9.60. The molecule has 3 fully saturated rings. The molecule has 194 valence electrons. The summed E-state index contributed by atoms with van der Waals surface area (Å²) in [5, 5.41) is 20.3. The Morgan fingerprint density at radius 2 is 1.88 bits per heavy atom. The van der Waals surface area contributed by atoms with Crippen LogP contribution in [0.25, 0.3) is 0 Å². The highest BCUT2D eigenvalue weighted by Crippen LogP contribution is 2.60. The van der Waals surface area contributed by atoms with E-state index in [-0.39, 0.29) is 11.7 Å². The standard InChI is InChI=1S/C30H50O4/c1-19(29(4,5)34-8)16-28(33-7)21(3)25-13-14-26-22(10-9-15-30(25,26)6)11-12-23-17-24(31)18-27(32)20(23)2/h11-12,19,21,24-28,31-32H,2,9-10,13-18H2,1,3-8H3/t19-,21+,24-,25-,26+,27+,28?,30-/m1/s1. The van der Waals surface area contributed by atoms with E-state index in [2.05, 4.69) is 53.3 Å². The Labute approximate surface area is 208 Å². The molecule has 3 saturated carbocycles. The molecular formula is C30H50O4. The van der Waals surface area contributed by atoms with Crippen LogP contribution in [0.15, 0.2) is 35.5 Å². The molecule has 3 aliphatic carbocycles. The summed E-state index contributed by atoms with van der Waals surface area (Å²) in [4.78, 5) is 0. The summed E-state index contributed by atoms with van der Waals surface area (Å²) in [6, 6.07) is 0. The Hall–Kier alpha value is -0.940. The predicted octanol–water partition coefficient (Wildman–Crippen LogP) is 6.23. The van der Waals surface area contributed by atoms with Crippen molar-refractivity contribution >= 4 is 0 Å². The predicted molar refractivity (Wildman–Crippen MR) is 140 cm³/mol. The van der Waals surface area contributed by atoms with Crippen LogP contribution in [-0.4, -0.2) is 48.3 Å². The fraction of sp³-hybridized carbons (Fsp3) is 0.800. The van der Waals surface area contributed by atoms with Crippen molar-refractivity contribution in [2.45, 2.75) is 110 Å². The maximum atomic E-state index is 10.2. The normalized spacial score (nSPS) is 37.6. The quantitative estimate of drug-likeness (QED) is 0.438. The van der Waals surface area contributed by atoms with E-state index in [0.717, 1.165) is 24.0 Å². The second-order valence-corrected chi connectivity index (χ2v) is 12.2. The molecule has 4 nitrogen and oxygen atoms in total. The van der Waals surface area contributed by atoms with E-state index in [0.29, 0.717) is 41.9 Å². The molecule has 3 rings (SSSR count). The minimum atomic E-state index is -0.627. The number of hydrogen-bond donors (Lipinski definition) is 2. The lowest BCUT2D eigenvalue weighted by molar-refractivity contribution is -0.0637. The van der Waals surface area contributed by atoms with Gasteiger partial charge >= 0.3 is 0 Å². The van der Waals surface area contributed by atoms with Crippen LogP contribution in [0.5, 0.6) is 0 Å². The van der Waals surface area contributed by atoms with Crippen LogP contribution in [-0.2, 0) is 9.47 Å². The van der Waals surface area contributed by atoms with Gasteiger partial charge in [0.05, 0.1) is 23.9 Å². The number of aliphatic hydroxyl groups excluding tert-OH is 2. The molecule has 0 spiro atoms. The van der Waals surface area contributed by atoms with Crippen LogP contribution in [0.2, 0.25) is 0 Å². The third-order valence-electron chi connectivity index (χ3n) is 10.1. The number of ether oxygens (including phenoxy) is 2. The number of fused-ring (bicyclic) bond motifs is 1. The van der Waals surface area contributed by atoms with Crippen LogP contribution in [0.1, 0.15) is 86.0 Å². The first-order valence-corrected chi connectivity index (χ1v) is 13.5. The summed E-state index contributed by atoms with van der Waals surface area (Å²) >= 11 is 0. The number of allylic oxidation sites excluding steroid dienone is 3. The first-order valence-electron chi connectivity index (χ1n) is 13.5. The van der Waals surface area contributed by atoms with Gasteiger partial charge in [-0.1, -0.05) is 45.1 Å². The number of aliphatic hydroxyl groups is 2. The van der Waals surface area contributed by atoms with Gasteiger partial charge in [-0.15, -0.1) is 0 Å². The van der Waals surface area contributed by atoms with Gasteiger partial charge in [-0.2, -0.15) is 0 Å². The maximum absolute atomic E-state index is 10.2. The van der Waals surface area contributed by atoms with E-state index < -0.39 is 12.2 Å². The zero-order valence-corrected chi connectivity index (χ0v) is 22.8. The van der Waals surface area contributed by atoms with E-state index >= 15 is 0 Å². The molecule has 0 saturated heterocycles. The highest BCUT2D eigenvalue weighted by Gasteiger charge is 2.52. The summed E-state index contributed by atoms with van der Waals surface area (Å²) in [5.74, 6) is 2.15. The molecule has 0 bridgehead atoms. The van der Waals surface area contributed by atoms with Crippen molar-refractivity contribution in [3.63, 3.8) is 0 Å². The van der Waals surface area contributed by atoms with Gasteiger partial charge in [-0.25, -0.2) is 0 Å². The second-order valence-electron chi connectivity index (χ2n) is 12.2. The average Bonchev–Trinajstić information content (AvgIpc) is 3.15. The first kappa shape index (κ1) is 27.6. The second kappa shape index (κ2) is 11.0. The lowest BCUT2D eigenvalue weighted by Crippen LogP contribution is -2.42. The fourth-order valence-electron chi connectivity index (χ4n) is 7.23. The van der Waals surface area contributed by atoms with Crippen LogP contribution >= 0.6 is 0 Å². The van der Waals surface area contributed by atoms with E-state index in [1.165, 1.54) is 25.7 Å². The van der Waals surface area contributed by atoms with Gasteiger partial charge in [0.25, 0.3) is 0 Å². The third-order valence-corrected chi connectivity index (χ3v) is 10.1. The molecule has 2 N–H and O–H groups in total. The molecule has 0 amide bonds. The van der Waals surface area contributed by atoms with E-state index in [4.69, 9.17) is 9.47 Å². The Kier molecular flexibility index (Phi) is 8.93. The fourth-order valence-corrected chi connectivity index (χ4v) is 7.23. The van der Waals surface area contributed by atoms with Crippen LogP contribution in [0, 0.1) is 29.1 Å². The summed E-state index contributed by atoms with van der Waals surface area (Å²) in [7, 11) is 3.68. The molecule has 0 aliphatic heterocycles. The molecule has 1 unspecified atom stereocenters. The minimum absolute atomic E-state index is 0.156. The van der Waals surface area contributed by atoms with Crippen molar-refractivity contribution in [1.82, 2.24) is 0 Å². The van der Waals surface area contributed by atoms with E-state index in [1.807, 2.05) is 7.11 Å². The molecule has 0 radical (unpaired) electrons. The third kappa shape index (κ3) is 5.56. The van der Waals surface area contributed by atoms with Crippen LogP contribution in [0.3, 0.4) is 0 Å². The molecular weight excluding hydrogens is 424 g/mol. The molecule has 34 heavy (non-hydrogen) atoms. The van der Waals surface area contributed by atoms with Crippen LogP contribution < -0.4 is 0 Å². The summed E-state index contributed by atoms with van der Waals surface area (Å²) in [6.07, 6.45) is 11.7. The van der Waals surface area contributed by atoms with Gasteiger partial charge in [0.1, 0.15) is 0 Å². The monoisotopic (exact) mass is 474 g/mol. The van der Waals surface area contributed by atoms with Gasteiger partial charge < -0.3 is 19.7 Å². The average molecular weight is 475 g/mol. The minimum Gasteiger partial charge on any atom is -0.393 e. The van der Waals surface area contributed by atoms with Crippen molar-refractivity contribution < 1.29 is 19.7 Å². The lowest BCUT2D eigenvalue weighted by Gasteiger charge is -2.46. The Morgan fingerprint density at radius 3 is 2.53 bits per heavy atom. The van der Waals surface area contributed by atoms with Gasteiger partial charge in [-0.3, -0.25) is 0 Å². The van der Waals surface area contributed by atoms with Gasteiger partial charge in [0, 0.05) is 20.6 Å². The van der Waals surface area contributed by atoms with Crippen molar-refractivity contribution in [2.75, 3.05) is 14.2 Å². The molecule has 4 heteroatoms.